The van der Waals surface area contributed by atoms with Crippen LogP contribution in [0.25, 0.3) is 17.1 Å². The van der Waals surface area contributed by atoms with Crippen LogP contribution in [0.3, 0.4) is 0 Å². The molecule has 88 valence electrons. The lowest BCUT2D eigenvalue weighted by Crippen LogP contribution is -1.96. The second-order valence-corrected chi connectivity index (χ2v) is 4.28. The number of pyridine rings is 1. The Bertz CT molecular complexity index is 644. The van der Waals surface area contributed by atoms with Gasteiger partial charge < -0.3 is 0 Å². The van der Waals surface area contributed by atoms with E-state index < -0.39 is 0 Å². The molecule has 3 aromatic rings. The van der Waals surface area contributed by atoms with Crippen LogP contribution in [-0.4, -0.2) is 14.5 Å². The molecule has 1 aromatic carbocycles. The minimum Gasteiger partial charge on any atom is -0.300 e. The third kappa shape index (κ3) is 2.00. The molecule has 3 rings (SSSR count). The standard InChI is InChI=1S/C14H10ClN3/c15-12-3-5-13(6-4-12)18-9-8-17-14(18)11-2-1-7-16-10-11/h1-10H. The monoisotopic (exact) mass is 255 g/mol. The number of benzene rings is 1. The van der Waals surface area contributed by atoms with Crippen LogP contribution < -0.4 is 0 Å². The van der Waals surface area contributed by atoms with Crippen LogP contribution in [0.15, 0.2) is 61.2 Å². The molecule has 0 saturated carbocycles. The van der Waals surface area contributed by atoms with Crippen molar-refractivity contribution in [3.8, 4) is 17.1 Å². The van der Waals surface area contributed by atoms with E-state index in [1.54, 1.807) is 18.6 Å². The lowest BCUT2D eigenvalue weighted by Gasteiger charge is -2.07. The fourth-order valence-corrected chi connectivity index (χ4v) is 1.95. The van der Waals surface area contributed by atoms with Crippen LogP contribution in [0.5, 0.6) is 0 Å². The third-order valence-corrected chi connectivity index (χ3v) is 2.92. The predicted molar refractivity (Wildman–Crippen MR) is 71.8 cm³/mol. The SMILES string of the molecule is Clc1ccc(-n2ccnc2-c2cccnc2)cc1. The van der Waals surface area contributed by atoms with Crippen molar-refractivity contribution in [3.05, 3.63) is 66.2 Å². The number of hydrogen-bond donors (Lipinski definition) is 0. The van der Waals surface area contributed by atoms with Crippen molar-refractivity contribution in [2.24, 2.45) is 0 Å². The maximum Gasteiger partial charge on any atom is 0.146 e. The van der Waals surface area contributed by atoms with Gasteiger partial charge in [-0.25, -0.2) is 4.98 Å². The molecule has 0 aliphatic heterocycles. The molecule has 4 heteroatoms. The Morgan fingerprint density at radius 3 is 2.56 bits per heavy atom. The Hall–Kier alpha value is -2.13. The Morgan fingerprint density at radius 2 is 1.83 bits per heavy atom. The van der Waals surface area contributed by atoms with Gasteiger partial charge >= 0.3 is 0 Å². The summed E-state index contributed by atoms with van der Waals surface area (Å²) in [6.45, 7) is 0. The second kappa shape index (κ2) is 4.63. The van der Waals surface area contributed by atoms with E-state index >= 15 is 0 Å². The largest absolute Gasteiger partial charge is 0.300 e. The summed E-state index contributed by atoms with van der Waals surface area (Å²) in [4.78, 5) is 8.49. The Morgan fingerprint density at radius 1 is 1.00 bits per heavy atom. The van der Waals surface area contributed by atoms with Crippen LogP contribution in [0.4, 0.5) is 0 Å². The van der Waals surface area contributed by atoms with E-state index in [0.29, 0.717) is 0 Å². The zero-order valence-corrected chi connectivity index (χ0v) is 10.2. The second-order valence-electron chi connectivity index (χ2n) is 3.84. The first-order valence-corrected chi connectivity index (χ1v) is 5.92. The zero-order chi connectivity index (χ0) is 12.4. The summed E-state index contributed by atoms with van der Waals surface area (Å²) in [6, 6.07) is 11.5. The molecule has 0 fully saturated rings. The summed E-state index contributed by atoms with van der Waals surface area (Å²) < 4.78 is 2.01. The summed E-state index contributed by atoms with van der Waals surface area (Å²) in [5.74, 6) is 0.866. The van der Waals surface area contributed by atoms with Crippen molar-refractivity contribution in [1.82, 2.24) is 14.5 Å². The van der Waals surface area contributed by atoms with E-state index in [2.05, 4.69) is 9.97 Å². The fourth-order valence-electron chi connectivity index (χ4n) is 1.82. The molecule has 0 unspecified atom stereocenters. The highest BCUT2D eigenvalue weighted by Crippen LogP contribution is 2.21. The number of aromatic nitrogens is 3. The van der Waals surface area contributed by atoms with Crippen molar-refractivity contribution < 1.29 is 0 Å². The highest BCUT2D eigenvalue weighted by molar-refractivity contribution is 6.30. The van der Waals surface area contributed by atoms with Gasteiger partial charge in [-0.3, -0.25) is 9.55 Å². The molecular formula is C14H10ClN3. The predicted octanol–water partition coefficient (Wildman–Crippen LogP) is 3.59. The normalized spacial score (nSPS) is 10.5. The van der Waals surface area contributed by atoms with E-state index in [1.165, 1.54) is 0 Å². The van der Waals surface area contributed by atoms with Crippen molar-refractivity contribution in [1.29, 1.82) is 0 Å². The van der Waals surface area contributed by atoms with E-state index in [9.17, 15) is 0 Å². The molecule has 2 aromatic heterocycles. The fraction of sp³-hybridized carbons (Fsp3) is 0. The molecule has 0 saturated heterocycles. The van der Waals surface area contributed by atoms with E-state index in [0.717, 1.165) is 22.1 Å². The van der Waals surface area contributed by atoms with Crippen molar-refractivity contribution in [3.63, 3.8) is 0 Å². The first kappa shape index (κ1) is 11.0. The Balaban J connectivity index is 2.10. The summed E-state index contributed by atoms with van der Waals surface area (Å²) in [5.41, 5.74) is 2.01. The summed E-state index contributed by atoms with van der Waals surface area (Å²) in [7, 11) is 0. The molecule has 0 aliphatic carbocycles. The minimum atomic E-state index is 0.724. The van der Waals surface area contributed by atoms with Crippen LogP contribution in [-0.2, 0) is 0 Å². The van der Waals surface area contributed by atoms with Crippen molar-refractivity contribution in [2.75, 3.05) is 0 Å². The van der Waals surface area contributed by atoms with Gasteiger partial charge in [-0.1, -0.05) is 11.6 Å². The average Bonchev–Trinajstić information content (AvgIpc) is 2.90. The lowest BCUT2D eigenvalue weighted by atomic mass is 10.2. The average molecular weight is 256 g/mol. The molecule has 2 heterocycles. The molecule has 0 bridgehead atoms. The molecule has 3 nitrogen and oxygen atoms in total. The topological polar surface area (TPSA) is 30.7 Å². The first-order chi connectivity index (χ1) is 8.84. The van der Waals surface area contributed by atoms with Gasteiger partial charge in [-0.15, -0.1) is 0 Å². The lowest BCUT2D eigenvalue weighted by molar-refractivity contribution is 1.06. The van der Waals surface area contributed by atoms with Crippen molar-refractivity contribution >= 4 is 11.6 Å². The van der Waals surface area contributed by atoms with Crippen LogP contribution in [0.2, 0.25) is 5.02 Å². The quantitative estimate of drug-likeness (QED) is 0.701. The highest BCUT2D eigenvalue weighted by atomic mass is 35.5. The number of hydrogen-bond acceptors (Lipinski definition) is 2. The number of nitrogens with zero attached hydrogens (tertiary/aromatic N) is 3. The van der Waals surface area contributed by atoms with Gasteiger partial charge in [0.15, 0.2) is 0 Å². The van der Waals surface area contributed by atoms with E-state index in [1.807, 2.05) is 47.2 Å². The van der Waals surface area contributed by atoms with Gasteiger partial charge in [0.1, 0.15) is 5.82 Å². The summed E-state index contributed by atoms with van der Waals surface area (Å²) in [6.07, 6.45) is 7.25. The smallest absolute Gasteiger partial charge is 0.146 e. The highest BCUT2D eigenvalue weighted by Gasteiger charge is 2.07. The zero-order valence-electron chi connectivity index (χ0n) is 9.49. The molecule has 18 heavy (non-hydrogen) atoms. The third-order valence-electron chi connectivity index (χ3n) is 2.67. The van der Waals surface area contributed by atoms with Gasteiger partial charge in [-0.05, 0) is 36.4 Å². The number of halogens is 1. The van der Waals surface area contributed by atoms with Gasteiger partial charge in [0, 0.05) is 41.1 Å². The van der Waals surface area contributed by atoms with E-state index in [-0.39, 0.29) is 0 Å². The Labute approximate surface area is 110 Å². The summed E-state index contributed by atoms with van der Waals surface area (Å²) >= 11 is 5.89. The number of imidazole rings is 1. The molecule has 0 N–H and O–H groups in total. The number of rotatable bonds is 2. The maximum atomic E-state index is 5.89. The van der Waals surface area contributed by atoms with Crippen molar-refractivity contribution in [2.45, 2.75) is 0 Å². The van der Waals surface area contributed by atoms with Gasteiger partial charge in [0.25, 0.3) is 0 Å². The van der Waals surface area contributed by atoms with Gasteiger partial charge in [-0.2, -0.15) is 0 Å². The first-order valence-electron chi connectivity index (χ1n) is 5.54. The molecule has 0 spiro atoms. The van der Waals surface area contributed by atoms with Gasteiger partial charge in [0.2, 0.25) is 0 Å². The molecule has 0 radical (unpaired) electrons. The Kier molecular flexibility index (Phi) is 2.82. The van der Waals surface area contributed by atoms with Gasteiger partial charge in [0.05, 0.1) is 0 Å². The van der Waals surface area contributed by atoms with E-state index in [4.69, 9.17) is 11.6 Å². The summed E-state index contributed by atoms with van der Waals surface area (Å²) in [5, 5.41) is 0.724. The maximum absolute atomic E-state index is 5.89. The molecule has 0 aliphatic rings. The molecular weight excluding hydrogens is 246 g/mol. The molecule has 0 amide bonds. The van der Waals surface area contributed by atoms with Crippen LogP contribution >= 0.6 is 11.6 Å². The van der Waals surface area contributed by atoms with Crippen LogP contribution in [0.1, 0.15) is 0 Å². The van der Waals surface area contributed by atoms with Crippen LogP contribution in [0, 0.1) is 0 Å². The molecule has 0 atom stereocenters. The minimum absolute atomic E-state index is 0.724.